The molecule has 39 heavy (non-hydrogen) atoms. The Morgan fingerprint density at radius 3 is 2.64 bits per heavy atom. The summed E-state index contributed by atoms with van der Waals surface area (Å²) < 4.78 is 14.6. The first kappa shape index (κ1) is 26.5. The number of hydrogen-bond donors (Lipinski definition) is 2. The second-order valence-corrected chi connectivity index (χ2v) is 10.2. The van der Waals surface area contributed by atoms with E-state index in [4.69, 9.17) is 9.47 Å². The lowest BCUT2D eigenvalue weighted by Crippen LogP contribution is -2.31. The third-order valence-corrected chi connectivity index (χ3v) is 7.35. The highest BCUT2D eigenvalue weighted by Gasteiger charge is 2.34. The number of ether oxygens (including phenoxy) is 2. The van der Waals surface area contributed by atoms with Gasteiger partial charge in [-0.3, -0.25) is 4.79 Å². The van der Waals surface area contributed by atoms with E-state index in [-0.39, 0.29) is 5.91 Å². The van der Waals surface area contributed by atoms with E-state index < -0.39 is 6.04 Å². The molecule has 1 amide bonds. The number of benzene rings is 3. The van der Waals surface area contributed by atoms with E-state index in [9.17, 15) is 4.79 Å². The highest BCUT2D eigenvalue weighted by molar-refractivity contribution is 9.10. The zero-order valence-electron chi connectivity index (χ0n) is 22.3. The molecule has 2 heterocycles. The van der Waals surface area contributed by atoms with E-state index in [1.165, 1.54) is 6.33 Å². The van der Waals surface area contributed by atoms with Crippen molar-refractivity contribution in [3.05, 3.63) is 105 Å². The van der Waals surface area contributed by atoms with Crippen LogP contribution in [0.15, 0.2) is 82.7 Å². The highest BCUT2D eigenvalue weighted by atomic mass is 79.9. The molecule has 0 bridgehead atoms. The Balaban J connectivity index is 1.55. The van der Waals surface area contributed by atoms with Crippen molar-refractivity contribution >= 4 is 33.5 Å². The highest BCUT2D eigenvalue weighted by Crippen LogP contribution is 2.43. The molecule has 1 unspecified atom stereocenters. The Hall–Kier alpha value is -4.11. The van der Waals surface area contributed by atoms with Crippen LogP contribution in [0.25, 0.3) is 0 Å². The lowest BCUT2D eigenvalue weighted by molar-refractivity contribution is -0.113. The fourth-order valence-corrected chi connectivity index (χ4v) is 5.22. The molecule has 4 aromatic rings. The quantitative estimate of drug-likeness (QED) is 0.242. The normalized spacial score (nSPS) is 14.4. The van der Waals surface area contributed by atoms with Crippen molar-refractivity contribution < 1.29 is 14.3 Å². The maximum atomic E-state index is 13.8. The van der Waals surface area contributed by atoms with Gasteiger partial charge in [0.1, 0.15) is 19.0 Å². The van der Waals surface area contributed by atoms with Gasteiger partial charge in [-0.05, 0) is 84.1 Å². The standard InChI is InChI=1S/C30H30BrN5O3/c1-5-38-25-15-22(14-23(31)28(25)39-16-21-11-7-6-8-12-21)27-26(20(4)34-30-32-17-33-36(27)30)29(37)35-24-13-9-10-18(2)19(24)3/h6-15,17,27H,5,16H2,1-4H3,(H,35,37)(H,32,33,34). The molecule has 0 saturated carbocycles. The summed E-state index contributed by atoms with van der Waals surface area (Å²) in [6.45, 7) is 8.66. The predicted molar refractivity (Wildman–Crippen MR) is 155 cm³/mol. The number of rotatable bonds is 8. The minimum absolute atomic E-state index is 0.224. The molecule has 9 heteroatoms. The summed E-state index contributed by atoms with van der Waals surface area (Å²) >= 11 is 3.70. The van der Waals surface area contributed by atoms with E-state index in [0.29, 0.717) is 46.4 Å². The smallest absolute Gasteiger partial charge is 0.255 e. The van der Waals surface area contributed by atoms with Crippen LogP contribution in [0.5, 0.6) is 11.5 Å². The first-order valence-electron chi connectivity index (χ1n) is 12.7. The van der Waals surface area contributed by atoms with Crippen LogP contribution in [-0.2, 0) is 11.4 Å². The summed E-state index contributed by atoms with van der Waals surface area (Å²) in [6.07, 6.45) is 1.48. The van der Waals surface area contributed by atoms with E-state index in [1.807, 2.05) is 88.4 Å². The number of amides is 1. The van der Waals surface area contributed by atoms with Crippen molar-refractivity contribution in [1.29, 1.82) is 0 Å². The molecule has 0 aliphatic carbocycles. The SMILES string of the molecule is CCOc1cc(C2C(C(=O)Nc3cccc(C)c3C)=C(C)Nc3ncnn32)cc(Br)c1OCc1ccccc1. The number of allylic oxidation sites excluding steroid dienone is 1. The van der Waals surface area contributed by atoms with Crippen LogP contribution in [-0.4, -0.2) is 27.3 Å². The molecule has 8 nitrogen and oxygen atoms in total. The average molecular weight is 589 g/mol. The van der Waals surface area contributed by atoms with Gasteiger partial charge in [-0.2, -0.15) is 10.1 Å². The first-order valence-corrected chi connectivity index (χ1v) is 13.5. The molecule has 200 valence electrons. The fraction of sp³-hybridized carbons (Fsp3) is 0.233. The number of aryl methyl sites for hydroxylation is 1. The van der Waals surface area contributed by atoms with Crippen molar-refractivity contribution in [2.75, 3.05) is 17.2 Å². The van der Waals surface area contributed by atoms with E-state index in [2.05, 4.69) is 36.6 Å². The van der Waals surface area contributed by atoms with E-state index in [0.717, 1.165) is 27.9 Å². The number of nitrogens with zero attached hydrogens (tertiary/aromatic N) is 3. The van der Waals surface area contributed by atoms with Gasteiger partial charge in [-0.25, -0.2) is 4.68 Å². The molecule has 0 fully saturated rings. The summed E-state index contributed by atoms with van der Waals surface area (Å²) in [6, 6.07) is 19.1. The number of carbonyl (C=O) groups is 1. The second-order valence-electron chi connectivity index (χ2n) is 9.33. The number of fused-ring (bicyclic) bond motifs is 1. The van der Waals surface area contributed by atoms with Gasteiger partial charge in [0.15, 0.2) is 11.5 Å². The van der Waals surface area contributed by atoms with Gasteiger partial charge in [-0.1, -0.05) is 42.5 Å². The summed E-state index contributed by atoms with van der Waals surface area (Å²) in [5, 5.41) is 10.8. The van der Waals surface area contributed by atoms with Crippen LogP contribution in [0.1, 0.15) is 42.1 Å². The van der Waals surface area contributed by atoms with Crippen LogP contribution in [0.4, 0.5) is 11.6 Å². The number of carbonyl (C=O) groups excluding carboxylic acids is 1. The van der Waals surface area contributed by atoms with Crippen molar-refractivity contribution in [2.24, 2.45) is 0 Å². The lowest BCUT2D eigenvalue weighted by Gasteiger charge is -2.29. The van der Waals surface area contributed by atoms with Crippen LogP contribution < -0.4 is 20.1 Å². The van der Waals surface area contributed by atoms with Gasteiger partial charge in [0.2, 0.25) is 5.95 Å². The molecule has 3 aromatic carbocycles. The van der Waals surface area contributed by atoms with Gasteiger partial charge >= 0.3 is 0 Å². The maximum absolute atomic E-state index is 13.8. The van der Waals surface area contributed by atoms with Gasteiger partial charge in [0.05, 0.1) is 16.7 Å². The third kappa shape index (κ3) is 5.40. The van der Waals surface area contributed by atoms with Crippen LogP contribution in [0, 0.1) is 13.8 Å². The summed E-state index contributed by atoms with van der Waals surface area (Å²) in [4.78, 5) is 18.2. The van der Waals surface area contributed by atoms with Gasteiger partial charge < -0.3 is 20.1 Å². The summed E-state index contributed by atoms with van der Waals surface area (Å²) in [5.41, 5.74) is 5.97. The van der Waals surface area contributed by atoms with Gasteiger partial charge in [-0.15, -0.1) is 0 Å². The van der Waals surface area contributed by atoms with Gasteiger partial charge in [0, 0.05) is 11.4 Å². The Morgan fingerprint density at radius 2 is 1.87 bits per heavy atom. The molecule has 0 spiro atoms. The molecule has 1 aliphatic rings. The van der Waals surface area contributed by atoms with Crippen molar-refractivity contribution in [3.8, 4) is 11.5 Å². The van der Waals surface area contributed by atoms with Crippen LogP contribution >= 0.6 is 15.9 Å². The number of anilines is 2. The molecular weight excluding hydrogens is 558 g/mol. The van der Waals surface area contributed by atoms with Crippen LogP contribution in [0.2, 0.25) is 0 Å². The fourth-order valence-electron chi connectivity index (χ4n) is 4.65. The Morgan fingerprint density at radius 1 is 1.08 bits per heavy atom. The third-order valence-electron chi connectivity index (χ3n) is 6.77. The minimum Gasteiger partial charge on any atom is -0.490 e. The van der Waals surface area contributed by atoms with Crippen LogP contribution in [0.3, 0.4) is 0 Å². The predicted octanol–water partition coefficient (Wildman–Crippen LogP) is 6.56. The zero-order valence-corrected chi connectivity index (χ0v) is 23.9. The second kappa shape index (κ2) is 11.3. The molecule has 1 atom stereocenters. The Bertz CT molecular complexity index is 1550. The molecule has 0 saturated heterocycles. The molecule has 0 radical (unpaired) electrons. The Labute approximate surface area is 236 Å². The molecule has 1 aliphatic heterocycles. The van der Waals surface area contributed by atoms with Crippen molar-refractivity contribution in [1.82, 2.24) is 14.8 Å². The molecule has 5 rings (SSSR count). The summed E-state index contributed by atoms with van der Waals surface area (Å²) in [5.74, 6) is 1.50. The number of aromatic nitrogens is 3. The molecular formula is C30H30BrN5O3. The maximum Gasteiger partial charge on any atom is 0.255 e. The minimum atomic E-state index is -0.549. The van der Waals surface area contributed by atoms with Gasteiger partial charge in [0.25, 0.3) is 5.91 Å². The zero-order chi connectivity index (χ0) is 27.5. The summed E-state index contributed by atoms with van der Waals surface area (Å²) in [7, 11) is 0. The lowest BCUT2D eigenvalue weighted by atomic mass is 9.94. The van der Waals surface area contributed by atoms with Crippen molar-refractivity contribution in [3.63, 3.8) is 0 Å². The molecule has 2 N–H and O–H groups in total. The van der Waals surface area contributed by atoms with E-state index >= 15 is 0 Å². The number of nitrogens with one attached hydrogen (secondary N) is 2. The number of hydrogen-bond acceptors (Lipinski definition) is 6. The Kier molecular flexibility index (Phi) is 7.70. The monoisotopic (exact) mass is 587 g/mol. The first-order chi connectivity index (χ1) is 18.9. The van der Waals surface area contributed by atoms with E-state index in [1.54, 1.807) is 4.68 Å². The molecule has 1 aromatic heterocycles. The average Bonchev–Trinajstić information content (AvgIpc) is 3.38. The number of halogens is 1. The topological polar surface area (TPSA) is 90.3 Å². The van der Waals surface area contributed by atoms with Crippen molar-refractivity contribution in [2.45, 2.75) is 40.3 Å². The largest absolute Gasteiger partial charge is 0.490 e.